The van der Waals surface area contributed by atoms with Crippen LogP contribution in [0.3, 0.4) is 0 Å². The van der Waals surface area contributed by atoms with Gasteiger partial charge in [0, 0.05) is 25.6 Å². The normalized spacial score (nSPS) is 8.13. The molecule has 0 radical (unpaired) electrons. The van der Waals surface area contributed by atoms with Crippen LogP contribution in [0.4, 0.5) is 0 Å². The van der Waals surface area contributed by atoms with Gasteiger partial charge in [0.1, 0.15) is 0 Å². The minimum Gasteiger partial charge on any atom is -0.550 e. The summed E-state index contributed by atoms with van der Waals surface area (Å²) in [6.07, 6.45) is 0.671. The van der Waals surface area contributed by atoms with Gasteiger partial charge >= 0.3 is 5.97 Å². The molecule has 0 amide bonds. The zero-order chi connectivity index (χ0) is 11.4. The van der Waals surface area contributed by atoms with Crippen molar-refractivity contribution in [1.29, 1.82) is 0 Å². The molecule has 0 fully saturated rings. The first-order valence-corrected chi connectivity index (χ1v) is 4.18. The van der Waals surface area contributed by atoms with Crippen LogP contribution in [0.2, 0.25) is 0 Å². The summed E-state index contributed by atoms with van der Waals surface area (Å²) in [4.78, 5) is 19.2. The van der Waals surface area contributed by atoms with Gasteiger partial charge in [0.05, 0.1) is 0 Å². The molecule has 0 spiro atoms. The molecular weight excluding hydrogens is 204 g/mol. The van der Waals surface area contributed by atoms with E-state index >= 15 is 0 Å². The molecule has 0 aliphatic rings. The minimum absolute atomic E-state index is 0. The van der Waals surface area contributed by atoms with Crippen LogP contribution in [0.5, 0.6) is 0 Å². The highest BCUT2D eigenvalue weighted by Crippen LogP contribution is 1.83. The van der Waals surface area contributed by atoms with Crippen LogP contribution in [0.25, 0.3) is 0 Å². The maximum absolute atomic E-state index is 9.65. The molecule has 0 rings (SSSR count). The van der Waals surface area contributed by atoms with Crippen molar-refractivity contribution in [2.24, 2.45) is 0 Å². The lowest BCUT2D eigenvalue weighted by molar-refractivity contribution is -0.305. The fourth-order valence-electron chi connectivity index (χ4n) is 0.454. The third-order valence-electron chi connectivity index (χ3n) is 1.09. The van der Waals surface area contributed by atoms with Crippen molar-refractivity contribution < 1.29 is 30.0 Å². The summed E-state index contributed by atoms with van der Waals surface area (Å²) >= 11 is 0. The molecule has 0 atom stereocenters. The van der Waals surface area contributed by atoms with Gasteiger partial charge in [-0.05, 0) is 19.3 Å². The molecule has 0 unspecified atom stereocenters. The molecule has 0 bridgehead atoms. The maximum Gasteiger partial charge on any atom is 0.303 e. The molecule has 0 aromatic rings. The molecule has 0 heterocycles. The number of carbonyl (C=O) groups excluding carboxylic acids is 1. The largest absolute Gasteiger partial charge is 0.550 e. The van der Waals surface area contributed by atoms with Gasteiger partial charge in [-0.15, -0.1) is 0 Å². The Morgan fingerprint density at radius 2 is 1.40 bits per heavy atom. The zero-order valence-electron chi connectivity index (χ0n) is 7.81. The van der Waals surface area contributed by atoms with Gasteiger partial charge in [-0.25, -0.2) is 0 Å². The summed E-state index contributed by atoms with van der Waals surface area (Å²) in [6, 6.07) is 0. The Morgan fingerprint density at radius 3 is 1.53 bits per heavy atom. The summed E-state index contributed by atoms with van der Waals surface area (Å²) in [6.45, 7) is -0.111. The summed E-state index contributed by atoms with van der Waals surface area (Å²) < 4.78 is 0. The van der Waals surface area contributed by atoms with E-state index in [1.807, 2.05) is 0 Å². The van der Waals surface area contributed by atoms with Crippen molar-refractivity contribution in [3.8, 4) is 0 Å². The van der Waals surface area contributed by atoms with E-state index in [9.17, 15) is 14.7 Å². The number of carbonyl (C=O) groups is 2. The highest BCUT2D eigenvalue weighted by atomic mass is 16.4. The predicted octanol–water partition coefficient (Wildman–Crippen LogP) is -1.01. The Morgan fingerprint density at radius 1 is 1.00 bits per heavy atom. The fraction of sp³-hybridized carbons (Fsp3) is 0.778. The highest BCUT2D eigenvalue weighted by molar-refractivity contribution is 5.66. The van der Waals surface area contributed by atoms with Crippen molar-refractivity contribution in [2.75, 3.05) is 13.2 Å². The van der Waals surface area contributed by atoms with Crippen LogP contribution in [0.1, 0.15) is 33.1 Å². The molecular formula is C9H19O6-. The molecule has 6 heteroatoms. The Balaban J connectivity index is -0.000000180. The molecule has 92 valence electrons. The van der Waals surface area contributed by atoms with E-state index < -0.39 is 11.9 Å². The zero-order valence-corrected chi connectivity index (χ0v) is 7.81. The lowest BCUT2D eigenvalue weighted by Crippen LogP contribution is -2.21. The van der Waals surface area contributed by atoms with Gasteiger partial charge in [0.15, 0.2) is 0 Å². The number of aliphatic hydroxyl groups excluding tert-OH is 2. The van der Waals surface area contributed by atoms with E-state index in [0.717, 1.165) is 0 Å². The van der Waals surface area contributed by atoms with Gasteiger partial charge in [-0.2, -0.15) is 0 Å². The number of carboxylic acid groups (broad SMARTS) is 2. The second-order valence-corrected chi connectivity index (χ2v) is 2.42. The highest BCUT2D eigenvalue weighted by Gasteiger charge is 1.91. The Bertz CT molecular complexity index is 139. The van der Waals surface area contributed by atoms with Gasteiger partial charge < -0.3 is 25.2 Å². The first-order chi connectivity index (χ1) is 6.54. The monoisotopic (exact) mass is 223 g/mol. The molecule has 0 saturated carbocycles. The van der Waals surface area contributed by atoms with E-state index in [0.29, 0.717) is 12.8 Å². The first-order valence-electron chi connectivity index (χ1n) is 4.18. The van der Waals surface area contributed by atoms with Gasteiger partial charge in [-0.1, -0.05) is 7.43 Å². The number of carboxylic acids is 2. The third kappa shape index (κ3) is 32.2. The smallest absolute Gasteiger partial charge is 0.303 e. The average molecular weight is 223 g/mol. The van der Waals surface area contributed by atoms with Crippen LogP contribution >= 0.6 is 0 Å². The lowest BCUT2D eigenvalue weighted by atomic mass is 10.3. The summed E-state index contributed by atoms with van der Waals surface area (Å²) in [7, 11) is 0. The molecule has 0 aliphatic heterocycles. The number of aliphatic carboxylic acids is 2. The van der Waals surface area contributed by atoms with Crippen molar-refractivity contribution >= 4 is 11.9 Å². The van der Waals surface area contributed by atoms with Gasteiger partial charge in [0.2, 0.25) is 0 Å². The number of rotatable bonds is 6. The van der Waals surface area contributed by atoms with Crippen molar-refractivity contribution in [3.63, 3.8) is 0 Å². The molecule has 6 nitrogen and oxygen atoms in total. The number of hydrogen-bond donors (Lipinski definition) is 3. The predicted molar refractivity (Wildman–Crippen MR) is 52.0 cm³/mol. The summed E-state index contributed by atoms with van der Waals surface area (Å²) in [5.41, 5.74) is 0. The number of hydrogen-bond acceptors (Lipinski definition) is 5. The van der Waals surface area contributed by atoms with Gasteiger partial charge in [0.25, 0.3) is 0 Å². The number of aliphatic hydroxyl groups is 2. The molecule has 15 heavy (non-hydrogen) atoms. The summed E-state index contributed by atoms with van der Waals surface area (Å²) in [5, 5.41) is 33.5. The first kappa shape index (κ1) is 19.4. The molecule has 0 aromatic carbocycles. The fourth-order valence-corrected chi connectivity index (χ4v) is 0.454. The van der Waals surface area contributed by atoms with E-state index in [1.54, 1.807) is 0 Å². The van der Waals surface area contributed by atoms with E-state index in [2.05, 4.69) is 0 Å². The van der Waals surface area contributed by atoms with Crippen LogP contribution < -0.4 is 5.11 Å². The van der Waals surface area contributed by atoms with Crippen LogP contribution in [-0.2, 0) is 9.59 Å². The van der Waals surface area contributed by atoms with Crippen LogP contribution in [-0.4, -0.2) is 40.5 Å². The Kier molecular flexibility index (Phi) is 19.9. The molecule has 0 saturated heterocycles. The van der Waals surface area contributed by atoms with Crippen LogP contribution in [0, 0.1) is 0 Å². The van der Waals surface area contributed by atoms with Crippen molar-refractivity contribution in [1.82, 2.24) is 0 Å². The quantitative estimate of drug-likeness (QED) is 0.531. The minimum atomic E-state index is -1.10. The molecule has 3 N–H and O–H groups in total. The average Bonchev–Trinajstić information content (AvgIpc) is 2.12. The second kappa shape index (κ2) is 15.3. The molecule has 0 aliphatic carbocycles. The second-order valence-electron chi connectivity index (χ2n) is 2.42. The SMILES string of the molecule is C.O=C(O)CCCO.O=C([O-])CCCO. The van der Waals surface area contributed by atoms with Crippen molar-refractivity contribution in [3.05, 3.63) is 0 Å². The maximum atomic E-state index is 9.65. The Hall–Kier alpha value is -1.14. The summed E-state index contributed by atoms with van der Waals surface area (Å²) in [5.74, 6) is -1.96. The lowest BCUT2D eigenvalue weighted by Gasteiger charge is -1.95. The standard InChI is InChI=1S/2C4H8O3.CH4/c2*5-3-1-2-4(6)7;/h2*5H,1-3H2,(H,6,7);1H4/p-1. The van der Waals surface area contributed by atoms with Crippen LogP contribution in [0.15, 0.2) is 0 Å². The third-order valence-corrected chi connectivity index (χ3v) is 1.09. The Labute approximate surface area is 89.2 Å². The van der Waals surface area contributed by atoms with E-state index in [4.69, 9.17) is 15.3 Å². The van der Waals surface area contributed by atoms with E-state index in [1.165, 1.54) is 0 Å². The topological polar surface area (TPSA) is 118 Å². The van der Waals surface area contributed by atoms with Gasteiger partial charge in [-0.3, -0.25) is 4.79 Å². The van der Waals surface area contributed by atoms with E-state index in [-0.39, 0.29) is 33.5 Å². The van der Waals surface area contributed by atoms with Crippen molar-refractivity contribution in [2.45, 2.75) is 33.1 Å². The molecule has 0 aromatic heterocycles.